The molecule has 1 nitrogen and oxygen atoms in total. The van der Waals surface area contributed by atoms with Crippen LogP contribution in [0.1, 0.15) is 51.5 Å². The summed E-state index contributed by atoms with van der Waals surface area (Å²) in [5.41, 5.74) is 1.27. The molecule has 0 bridgehead atoms. The Hall–Kier alpha value is -1.11. The lowest BCUT2D eigenvalue weighted by atomic mass is 9.94. The monoisotopic (exact) mass is 232 g/mol. The van der Waals surface area contributed by atoms with Crippen LogP contribution in [0.3, 0.4) is 0 Å². The van der Waals surface area contributed by atoms with E-state index in [0.29, 0.717) is 5.78 Å². The van der Waals surface area contributed by atoms with E-state index in [0.717, 1.165) is 19.3 Å². The quantitative estimate of drug-likeness (QED) is 0.607. The largest absolute Gasteiger partial charge is 0.299 e. The molecule has 1 aromatic carbocycles. The Morgan fingerprint density at radius 3 is 2.47 bits per heavy atom. The Morgan fingerprint density at radius 2 is 1.82 bits per heavy atom. The summed E-state index contributed by atoms with van der Waals surface area (Å²) in [6.45, 7) is 4.25. The highest BCUT2D eigenvalue weighted by Gasteiger charge is 2.12. The van der Waals surface area contributed by atoms with Crippen molar-refractivity contribution in [2.45, 2.75) is 52.4 Å². The first-order valence-electron chi connectivity index (χ1n) is 6.80. The normalized spacial score (nSPS) is 12.4. The van der Waals surface area contributed by atoms with Gasteiger partial charge in [-0.1, -0.05) is 63.4 Å². The molecule has 17 heavy (non-hydrogen) atoms. The second-order valence-electron chi connectivity index (χ2n) is 4.87. The molecule has 0 unspecified atom stereocenters. The zero-order chi connectivity index (χ0) is 12.5. The molecular weight excluding hydrogens is 208 g/mol. The topological polar surface area (TPSA) is 17.1 Å². The van der Waals surface area contributed by atoms with Gasteiger partial charge in [-0.3, -0.25) is 4.79 Å². The second-order valence-corrected chi connectivity index (χ2v) is 4.87. The lowest BCUT2D eigenvalue weighted by Crippen LogP contribution is -2.13. The van der Waals surface area contributed by atoms with Crippen molar-refractivity contribution in [3.63, 3.8) is 0 Å². The van der Waals surface area contributed by atoms with Crippen LogP contribution in [0.2, 0.25) is 0 Å². The Morgan fingerprint density at radius 1 is 1.12 bits per heavy atom. The molecule has 94 valence electrons. The van der Waals surface area contributed by atoms with E-state index in [-0.39, 0.29) is 5.92 Å². The van der Waals surface area contributed by atoms with Crippen molar-refractivity contribution in [1.29, 1.82) is 0 Å². The number of rotatable bonds is 8. The van der Waals surface area contributed by atoms with Gasteiger partial charge in [-0.25, -0.2) is 0 Å². The summed E-state index contributed by atoms with van der Waals surface area (Å²) >= 11 is 0. The third-order valence-corrected chi connectivity index (χ3v) is 3.21. The predicted octanol–water partition coefficient (Wildman–Crippen LogP) is 4.40. The summed E-state index contributed by atoms with van der Waals surface area (Å²) in [6, 6.07) is 10.3. The van der Waals surface area contributed by atoms with E-state index < -0.39 is 0 Å². The van der Waals surface area contributed by atoms with E-state index in [1.807, 2.05) is 18.2 Å². The average Bonchev–Trinajstić information content (AvgIpc) is 2.35. The number of carbonyl (C=O) groups excluding carboxylic acids is 1. The van der Waals surface area contributed by atoms with Gasteiger partial charge in [0.15, 0.2) is 0 Å². The van der Waals surface area contributed by atoms with Crippen LogP contribution in [-0.4, -0.2) is 5.78 Å². The van der Waals surface area contributed by atoms with E-state index in [9.17, 15) is 4.79 Å². The van der Waals surface area contributed by atoms with Gasteiger partial charge < -0.3 is 0 Å². The maximum Gasteiger partial charge on any atom is 0.136 e. The van der Waals surface area contributed by atoms with Crippen molar-refractivity contribution < 1.29 is 4.79 Å². The number of carbonyl (C=O) groups is 1. The van der Waals surface area contributed by atoms with Gasteiger partial charge in [0.2, 0.25) is 0 Å². The molecule has 0 aliphatic rings. The van der Waals surface area contributed by atoms with E-state index in [4.69, 9.17) is 0 Å². The van der Waals surface area contributed by atoms with Gasteiger partial charge in [-0.15, -0.1) is 0 Å². The van der Waals surface area contributed by atoms with Crippen molar-refractivity contribution in [2.24, 2.45) is 5.92 Å². The third kappa shape index (κ3) is 5.67. The summed E-state index contributed by atoms with van der Waals surface area (Å²) in [6.07, 6.45) is 6.38. The van der Waals surface area contributed by atoms with Crippen LogP contribution >= 0.6 is 0 Å². The lowest BCUT2D eigenvalue weighted by molar-refractivity contribution is -0.122. The Labute approximate surface area is 105 Å². The molecule has 0 aromatic heterocycles. The van der Waals surface area contributed by atoms with E-state index in [1.165, 1.54) is 24.8 Å². The van der Waals surface area contributed by atoms with Gasteiger partial charge in [-0.2, -0.15) is 0 Å². The molecule has 1 rings (SSSR count). The molecule has 1 heteroatoms. The summed E-state index contributed by atoms with van der Waals surface area (Å²) in [7, 11) is 0. The number of benzene rings is 1. The Bertz CT molecular complexity index is 316. The molecule has 1 aromatic rings. The molecule has 0 aliphatic heterocycles. The molecule has 0 saturated heterocycles. The van der Waals surface area contributed by atoms with Gasteiger partial charge in [0.05, 0.1) is 0 Å². The van der Waals surface area contributed by atoms with Crippen LogP contribution in [0, 0.1) is 5.92 Å². The fraction of sp³-hybridized carbons (Fsp3) is 0.562. The molecule has 0 N–H and O–H groups in total. The zero-order valence-corrected chi connectivity index (χ0v) is 11.1. The summed E-state index contributed by atoms with van der Waals surface area (Å²) in [5, 5.41) is 0. The van der Waals surface area contributed by atoms with Crippen LogP contribution in [0.25, 0.3) is 0 Å². The fourth-order valence-corrected chi connectivity index (χ4v) is 2.05. The van der Waals surface area contributed by atoms with Crippen molar-refractivity contribution in [2.75, 3.05) is 0 Å². The maximum absolute atomic E-state index is 11.9. The number of hydrogen-bond donors (Lipinski definition) is 0. The average molecular weight is 232 g/mol. The highest BCUT2D eigenvalue weighted by molar-refractivity contribution is 5.80. The van der Waals surface area contributed by atoms with E-state index >= 15 is 0 Å². The first-order chi connectivity index (χ1) is 8.24. The smallest absolute Gasteiger partial charge is 0.136 e. The molecule has 0 aliphatic carbocycles. The van der Waals surface area contributed by atoms with Crippen LogP contribution in [0.4, 0.5) is 0 Å². The van der Waals surface area contributed by atoms with E-state index in [1.54, 1.807) is 0 Å². The number of ketones is 1. The van der Waals surface area contributed by atoms with E-state index in [2.05, 4.69) is 26.0 Å². The SMILES string of the molecule is CCCCCCC(=O)[C@H](C)Cc1ccccc1. The van der Waals surface area contributed by atoms with Crippen LogP contribution in [-0.2, 0) is 11.2 Å². The minimum absolute atomic E-state index is 0.166. The maximum atomic E-state index is 11.9. The standard InChI is InChI=1S/C16H24O/c1-3-4-5-9-12-16(17)14(2)13-15-10-7-6-8-11-15/h6-8,10-11,14H,3-5,9,12-13H2,1-2H3/t14-/m1/s1. The molecule has 0 amide bonds. The predicted molar refractivity (Wildman–Crippen MR) is 73.1 cm³/mol. The number of hydrogen-bond acceptors (Lipinski definition) is 1. The number of Topliss-reactive ketones (excluding diaryl/α,β-unsaturated/α-hetero) is 1. The van der Waals surface area contributed by atoms with Crippen LogP contribution in [0.5, 0.6) is 0 Å². The van der Waals surface area contributed by atoms with Gasteiger partial charge in [-0.05, 0) is 18.4 Å². The zero-order valence-electron chi connectivity index (χ0n) is 11.1. The molecular formula is C16H24O. The number of unbranched alkanes of at least 4 members (excludes halogenated alkanes) is 3. The van der Waals surface area contributed by atoms with Crippen molar-refractivity contribution in [3.05, 3.63) is 35.9 Å². The molecule has 1 atom stereocenters. The molecule has 0 heterocycles. The summed E-state index contributed by atoms with van der Waals surface area (Å²) in [4.78, 5) is 11.9. The fourth-order valence-electron chi connectivity index (χ4n) is 2.05. The first kappa shape index (κ1) is 14.0. The minimum atomic E-state index is 0.166. The molecule has 0 saturated carbocycles. The van der Waals surface area contributed by atoms with Gasteiger partial charge in [0, 0.05) is 12.3 Å². The highest BCUT2D eigenvalue weighted by Crippen LogP contribution is 2.13. The summed E-state index contributed by atoms with van der Waals surface area (Å²) < 4.78 is 0. The lowest BCUT2D eigenvalue weighted by Gasteiger charge is -2.10. The van der Waals surface area contributed by atoms with Crippen LogP contribution in [0.15, 0.2) is 30.3 Å². The summed E-state index contributed by atoms with van der Waals surface area (Å²) in [5.74, 6) is 0.587. The third-order valence-electron chi connectivity index (χ3n) is 3.21. The van der Waals surface area contributed by atoms with Gasteiger partial charge >= 0.3 is 0 Å². The second kappa shape index (κ2) is 8.05. The van der Waals surface area contributed by atoms with Crippen molar-refractivity contribution in [1.82, 2.24) is 0 Å². The molecule has 0 fully saturated rings. The minimum Gasteiger partial charge on any atom is -0.299 e. The van der Waals surface area contributed by atoms with Gasteiger partial charge in [0.1, 0.15) is 5.78 Å². The Balaban J connectivity index is 2.27. The molecule has 0 radical (unpaired) electrons. The van der Waals surface area contributed by atoms with Crippen molar-refractivity contribution in [3.8, 4) is 0 Å². The first-order valence-corrected chi connectivity index (χ1v) is 6.80. The Kier molecular flexibility index (Phi) is 6.61. The highest BCUT2D eigenvalue weighted by atomic mass is 16.1. The van der Waals surface area contributed by atoms with Crippen LogP contribution < -0.4 is 0 Å². The van der Waals surface area contributed by atoms with Crippen molar-refractivity contribution >= 4 is 5.78 Å². The van der Waals surface area contributed by atoms with Gasteiger partial charge in [0.25, 0.3) is 0 Å². The molecule has 0 spiro atoms.